The first kappa shape index (κ1) is 28.9. The molecule has 8 heteroatoms. The highest BCUT2D eigenvalue weighted by molar-refractivity contribution is 6.32. The molecule has 0 saturated carbocycles. The highest BCUT2D eigenvalue weighted by Crippen LogP contribution is 2.38. The number of hydrogen-bond donors (Lipinski definition) is 1. The van der Waals surface area contributed by atoms with Crippen LogP contribution in [0.3, 0.4) is 0 Å². The minimum Gasteiger partial charge on any atom is -0.488 e. The van der Waals surface area contributed by atoms with E-state index in [-0.39, 0.29) is 0 Å². The third kappa shape index (κ3) is 6.89. The molecule has 0 spiro atoms. The number of nitrogens with one attached hydrogen (secondary N) is 1. The van der Waals surface area contributed by atoms with Crippen molar-refractivity contribution in [2.45, 2.75) is 26.7 Å². The van der Waals surface area contributed by atoms with Crippen LogP contribution in [0.4, 0.5) is 0 Å². The molecule has 0 aromatic heterocycles. The fourth-order valence-electron chi connectivity index (χ4n) is 5.47. The standard InChI is InChI=1S/C35H34ClN3O4/c1-24-28(6-3-7-30(24)27-8-9-32-35(18-27)41-15-14-40-32)23-43-34-19-33(42-22-26-5-2-4-25(16-26)20-37)29(17-31(34)36)21-39-12-10-38-11-13-39/h2-9,16-19,38H,10-15,21-23H2,1H3. The van der Waals surface area contributed by atoms with E-state index in [0.29, 0.717) is 42.8 Å². The van der Waals surface area contributed by atoms with Crippen molar-refractivity contribution in [3.63, 3.8) is 0 Å². The van der Waals surface area contributed by atoms with E-state index in [9.17, 15) is 5.26 Å². The Morgan fingerprint density at radius 3 is 2.49 bits per heavy atom. The van der Waals surface area contributed by atoms with Crippen molar-refractivity contribution in [2.75, 3.05) is 39.4 Å². The number of rotatable bonds is 9. The predicted molar refractivity (Wildman–Crippen MR) is 167 cm³/mol. The number of nitrogens with zero attached hydrogens (tertiary/aromatic N) is 2. The van der Waals surface area contributed by atoms with Crippen molar-refractivity contribution >= 4 is 11.6 Å². The summed E-state index contributed by atoms with van der Waals surface area (Å²) in [4.78, 5) is 2.39. The van der Waals surface area contributed by atoms with E-state index in [2.05, 4.69) is 41.4 Å². The van der Waals surface area contributed by atoms with E-state index >= 15 is 0 Å². The zero-order valence-electron chi connectivity index (χ0n) is 24.2. The predicted octanol–water partition coefficient (Wildman–Crippen LogP) is 6.52. The molecule has 7 nitrogen and oxygen atoms in total. The fourth-order valence-corrected chi connectivity index (χ4v) is 5.71. The lowest BCUT2D eigenvalue weighted by molar-refractivity contribution is 0.171. The molecule has 0 amide bonds. The van der Waals surface area contributed by atoms with Crippen LogP contribution in [-0.2, 0) is 19.8 Å². The van der Waals surface area contributed by atoms with Crippen LogP contribution in [0.15, 0.2) is 72.8 Å². The third-order valence-electron chi connectivity index (χ3n) is 7.85. The second-order valence-corrected chi connectivity index (χ2v) is 11.2. The SMILES string of the molecule is Cc1c(COc2cc(OCc3cccc(C#N)c3)c(CN3CCNCC3)cc2Cl)cccc1-c1ccc2c(c1)OCCO2. The van der Waals surface area contributed by atoms with Crippen LogP contribution in [-0.4, -0.2) is 44.3 Å². The first-order valence-electron chi connectivity index (χ1n) is 14.6. The number of ether oxygens (including phenoxy) is 4. The lowest BCUT2D eigenvalue weighted by Gasteiger charge is -2.28. The Hall–Kier alpha value is -4.22. The van der Waals surface area contributed by atoms with Crippen LogP contribution in [0.25, 0.3) is 11.1 Å². The molecule has 1 N–H and O–H groups in total. The van der Waals surface area contributed by atoms with Gasteiger partial charge in [-0.2, -0.15) is 5.26 Å². The van der Waals surface area contributed by atoms with E-state index in [1.807, 2.05) is 48.5 Å². The summed E-state index contributed by atoms with van der Waals surface area (Å²) in [5, 5.41) is 13.2. The first-order valence-corrected chi connectivity index (χ1v) is 14.9. The largest absolute Gasteiger partial charge is 0.488 e. The lowest BCUT2D eigenvalue weighted by Crippen LogP contribution is -2.42. The molecular weight excluding hydrogens is 562 g/mol. The van der Waals surface area contributed by atoms with E-state index in [0.717, 1.165) is 83.4 Å². The van der Waals surface area contributed by atoms with Gasteiger partial charge in [-0.3, -0.25) is 4.90 Å². The molecule has 2 aliphatic rings. The number of halogens is 1. The molecule has 4 aromatic carbocycles. The van der Waals surface area contributed by atoms with E-state index in [1.54, 1.807) is 6.07 Å². The Labute approximate surface area is 257 Å². The number of nitriles is 1. The maximum atomic E-state index is 9.30. The second-order valence-electron chi connectivity index (χ2n) is 10.8. The van der Waals surface area contributed by atoms with Gasteiger partial charge in [0.1, 0.15) is 37.9 Å². The smallest absolute Gasteiger partial charge is 0.161 e. The van der Waals surface area contributed by atoms with Gasteiger partial charge in [0.15, 0.2) is 11.5 Å². The molecule has 6 rings (SSSR count). The minimum atomic E-state index is 0.335. The van der Waals surface area contributed by atoms with Crippen LogP contribution >= 0.6 is 11.6 Å². The van der Waals surface area contributed by atoms with E-state index in [4.69, 9.17) is 30.5 Å². The summed E-state index contributed by atoms with van der Waals surface area (Å²) in [5.41, 5.74) is 6.90. The van der Waals surface area contributed by atoms with Gasteiger partial charge in [0.05, 0.1) is 16.7 Å². The highest BCUT2D eigenvalue weighted by Gasteiger charge is 2.18. The summed E-state index contributed by atoms with van der Waals surface area (Å²) in [7, 11) is 0. The van der Waals surface area contributed by atoms with Gasteiger partial charge in [-0.25, -0.2) is 0 Å². The quantitative estimate of drug-likeness (QED) is 0.236. The van der Waals surface area contributed by atoms with Crippen molar-refractivity contribution in [1.29, 1.82) is 5.26 Å². The molecule has 0 aliphatic carbocycles. The van der Waals surface area contributed by atoms with Gasteiger partial charge < -0.3 is 24.3 Å². The maximum Gasteiger partial charge on any atom is 0.161 e. The molecule has 220 valence electrons. The first-order chi connectivity index (χ1) is 21.1. The normalized spacial score (nSPS) is 14.6. The van der Waals surface area contributed by atoms with Crippen LogP contribution in [0.1, 0.15) is 27.8 Å². The molecule has 0 unspecified atom stereocenters. The van der Waals surface area contributed by atoms with Gasteiger partial charge >= 0.3 is 0 Å². The number of fused-ring (bicyclic) bond motifs is 1. The topological polar surface area (TPSA) is 76.0 Å². The third-order valence-corrected chi connectivity index (χ3v) is 8.15. The van der Waals surface area contributed by atoms with Crippen LogP contribution < -0.4 is 24.3 Å². The molecule has 2 heterocycles. The van der Waals surface area contributed by atoms with Gasteiger partial charge in [0.2, 0.25) is 0 Å². The number of piperazine rings is 1. The second kappa shape index (κ2) is 13.4. The van der Waals surface area contributed by atoms with Gasteiger partial charge in [0.25, 0.3) is 0 Å². The van der Waals surface area contributed by atoms with Crippen molar-refractivity contribution in [2.24, 2.45) is 0 Å². The van der Waals surface area contributed by atoms with Gasteiger partial charge in [-0.05, 0) is 65.1 Å². The number of benzene rings is 4. The van der Waals surface area contributed by atoms with Crippen molar-refractivity contribution in [3.8, 4) is 40.2 Å². The number of hydrogen-bond acceptors (Lipinski definition) is 7. The molecule has 1 fully saturated rings. The van der Waals surface area contributed by atoms with Crippen molar-refractivity contribution in [3.05, 3.63) is 106 Å². The van der Waals surface area contributed by atoms with Gasteiger partial charge in [-0.15, -0.1) is 0 Å². The summed E-state index contributed by atoms with van der Waals surface area (Å²) in [6, 6.07) is 25.8. The molecule has 0 radical (unpaired) electrons. The lowest BCUT2D eigenvalue weighted by atomic mass is 9.96. The van der Waals surface area contributed by atoms with Crippen LogP contribution in [0, 0.1) is 18.3 Å². The average Bonchev–Trinajstić information content (AvgIpc) is 3.05. The molecule has 43 heavy (non-hydrogen) atoms. The zero-order valence-corrected chi connectivity index (χ0v) is 25.0. The summed E-state index contributed by atoms with van der Waals surface area (Å²) in [5.74, 6) is 2.83. The van der Waals surface area contributed by atoms with E-state index < -0.39 is 0 Å². The Balaban J connectivity index is 1.23. The van der Waals surface area contributed by atoms with E-state index in [1.165, 1.54) is 0 Å². The highest BCUT2D eigenvalue weighted by atomic mass is 35.5. The monoisotopic (exact) mass is 595 g/mol. The van der Waals surface area contributed by atoms with Crippen LogP contribution in [0.5, 0.6) is 23.0 Å². The molecule has 0 atom stereocenters. The van der Waals surface area contributed by atoms with Crippen LogP contribution in [0.2, 0.25) is 5.02 Å². The van der Waals surface area contributed by atoms with Gasteiger partial charge in [-0.1, -0.05) is 48.0 Å². The van der Waals surface area contributed by atoms with Gasteiger partial charge in [0, 0.05) is 44.4 Å². The fraction of sp³-hybridized carbons (Fsp3) is 0.286. The summed E-state index contributed by atoms with van der Waals surface area (Å²) in [6.45, 7) is 8.46. The Kier molecular flexibility index (Phi) is 8.99. The Bertz CT molecular complexity index is 1650. The zero-order chi connectivity index (χ0) is 29.6. The molecule has 4 aromatic rings. The Morgan fingerprint density at radius 1 is 0.860 bits per heavy atom. The summed E-state index contributed by atoms with van der Waals surface area (Å²) < 4.78 is 24.2. The summed E-state index contributed by atoms with van der Waals surface area (Å²) in [6.07, 6.45) is 0. The van der Waals surface area contributed by atoms with Crippen molar-refractivity contribution < 1.29 is 18.9 Å². The molecule has 1 saturated heterocycles. The molecular formula is C35H34ClN3O4. The molecule has 0 bridgehead atoms. The van der Waals surface area contributed by atoms with Crippen molar-refractivity contribution in [1.82, 2.24) is 10.2 Å². The summed E-state index contributed by atoms with van der Waals surface area (Å²) >= 11 is 6.80. The molecule has 2 aliphatic heterocycles. The Morgan fingerprint density at radius 2 is 1.65 bits per heavy atom. The maximum absolute atomic E-state index is 9.30. The average molecular weight is 596 g/mol. The minimum absolute atomic E-state index is 0.335.